The van der Waals surface area contributed by atoms with Crippen LogP contribution in [0.5, 0.6) is 11.5 Å². The number of aliphatic hydroxyl groups excluding tert-OH is 1. The van der Waals surface area contributed by atoms with Gasteiger partial charge in [0.2, 0.25) is 0 Å². The summed E-state index contributed by atoms with van der Waals surface area (Å²) in [5.74, 6) is 1.02. The molecule has 2 rings (SSSR count). The van der Waals surface area contributed by atoms with Gasteiger partial charge < -0.3 is 19.9 Å². The zero-order chi connectivity index (χ0) is 17.5. The van der Waals surface area contributed by atoms with Crippen LogP contribution >= 0.6 is 34.8 Å². The topological polar surface area (TPSA) is 55.3 Å². The van der Waals surface area contributed by atoms with E-state index in [9.17, 15) is 0 Å². The molecule has 3 N–H and O–H groups in total. The Hall–Kier alpha value is -1.17. The summed E-state index contributed by atoms with van der Waals surface area (Å²) in [6, 6.07) is 8.93. The molecule has 0 aromatic heterocycles. The maximum atomic E-state index is 8.84. The monoisotopic (exact) mass is 390 g/mol. The van der Waals surface area contributed by atoms with Gasteiger partial charge in [-0.15, -0.1) is 0 Å². The van der Waals surface area contributed by atoms with Crippen molar-refractivity contribution in [1.29, 1.82) is 0 Å². The molecule has 0 spiro atoms. The van der Waals surface area contributed by atoms with Gasteiger partial charge in [0.15, 0.2) is 11.5 Å². The lowest BCUT2D eigenvalue weighted by Crippen LogP contribution is -2.83. The number of benzene rings is 2. The Morgan fingerprint density at radius 3 is 2.54 bits per heavy atom. The summed E-state index contributed by atoms with van der Waals surface area (Å²) in [7, 11) is 1.56. The minimum atomic E-state index is 0.133. The minimum Gasteiger partial charge on any atom is -0.493 e. The Morgan fingerprint density at radius 2 is 1.88 bits per heavy atom. The molecule has 0 amide bonds. The molecule has 0 fully saturated rings. The van der Waals surface area contributed by atoms with Gasteiger partial charge in [-0.05, 0) is 24.3 Å². The van der Waals surface area contributed by atoms with Gasteiger partial charge in [0.25, 0.3) is 0 Å². The number of aliphatic hydroxyl groups is 1. The molecule has 24 heavy (non-hydrogen) atoms. The molecule has 0 heterocycles. The van der Waals surface area contributed by atoms with Crippen LogP contribution in [-0.4, -0.2) is 25.4 Å². The van der Waals surface area contributed by atoms with Crippen LogP contribution in [0.3, 0.4) is 0 Å². The first-order valence-electron chi connectivity index (χ1n) is 7.40. The molecule has 0 saturated heterocycles. The summed E-state index contributed by atoms with van der Waals surface area (Å²) in [6.45, 7) is 1.71. The summed E-state index contributed by atoms with van der Waals surface area (Å²) in [5, 5.41) is 12.4. The fraction of sp³-hybridized carbons (Fsp3) is 0.294. The van der Waals surface area contributed by atoms with E-state index in [1.165, 1.54) is 0 Å². The molecule has 0 aliphatic rings. The number of hydrogen-bond donors (Lipinski definition) is 2. The molecule has 7 heteroatoms. The van der Waals surface area contributed by atoms with Gasteiger partial charge in [-0.25, -0.2) is 0 Å². The van der Waals surface area contributed by atoms with Gasteiger partial charge >= 0.3 is 0 Å². The molecule has 2 aromatic rings. The molecular formula is C17H19Cl3NO3+. The predicted octanol–water partition coefficient (Wildman–Crippen LogP) is 3.29. The van der Waals surface area contributed by atoms with Gasteiger partial charge in [0, 0.05) is 21.2 Å². The van der Waals surface area contributed by atoms with Crippen LogP contribution in [0.2, 0.25) is 15.1 Å². The van der Waals surface area contributed by atoms with E-state index in [-0.39, 0.29) is 13.2 Å². The van der Waals surface area contributed by atoms with E-state index in [4.69, 9.17) is 49.4 Å². The SMILES string of the molecule is COc1cc(C[NH2+]CCO)cc(Cl)c1OCc1ccc(Cl)cc1Cl. The van der Waals surface area contributed by atoms with E-state index in [1.807, 2.05) is 23.5 Å². The summed E-state index contributed by atoms with van der Waals surface area (Å²) in [6.07, 6.45) is 0. The molecular weight excluding hydrogens is 373 g/mol. The summed E-state index contributed by atoms with van der Waals surface area (Å²) in [5.41, 5.74) is 1.79. The maximum absolute atomic E-state index is 8.84. The van der Waals surface area contributed by atoms with Crippen molar-refractivity contribution in [2.75, 3.05) is 20.3 Å². The van der Waals surface area contributed by atoms with Crippen molar-refractivity contribution in [2.24, 2.45) is 0 Å². The highest BCUT2D eigenvalue weighted by Gasteiger charge is 2.14. The molecule has 0 saturated carbocycles. The lowest BCUT2D eigenvalue weighted by molar-refractivity contribution is -0.671. The Morgan fingerprint density at radius 1 is 1.08 bits per heavy atom. The van der Waals surface area contributed by atoms with Gasteiger partial charge in [0.05, 0.1) is 25.3 Å². The van der Waals surface area contributed by atoms with Crippen molar-refractivity contribution in [3.8, 4) is 11.5 Å². The van der Waals surface area contributed by atoms with Crippen LogP contribution in [0.15, 0.2) is 30.3 Å². The highest BCUT2D eigenvalue weighted by atomic mass is 35.5. The van der Waals surface area contributed by atoms with E-state index in [1.54, 1.807) is 19.2 Å². The van der Waals surface area contributed by atoms with Gasteiger partial charge in [-0.2, -0.15) is 0 Å². The molecule has 0 aliphatic carbocycles. The van der Waals surface area contributed by atoms with E-state index >= 15 is 0 Å². The van der Waals surface area contributed by atoms with Crippen LogP contribution in [0.1, 0.15) is 11.1 Å². The smallest absolute Gasteiger partial charge is 0.180 e. The largest absolute Gasteiger partial charge is 0.493 e. The Bertz CT molecular complexity index is 695. The standard InChI is InChI=1S/C17H18Cl3NO3/c1-23-16-7-11(9-21-4-5-22)6-15(20)17(16)24-10-12-2-3-13(18)8-14(12)19/h2-3,6-8,21-22H,4-5,9-10H2,1H3/p+1. The number of methoxy groups -OCH3 is 1. The highest BCUT2D eigenvalue weighted by molar-refractivity contribution is 6.35. The lowest BCUT2D eigenvalue weighted by atomic mass is 10.2. The van der Waals surface area contributed by atoms with Crippen LogP contribution in [0.25, 0.3) is 0 Å². The number of quaternary nitrogens is 1. The lowest BCUT2D eigenvalue weighted by Gasteiger charge is -2.14. The average molecular weight is 392 g/mol. The van der Waals surface area contributed by atoms with Crippen molar-refractivity contribution in [1.82, 2.24) is 0 Å². The molecule has 0 unspecified atom stereocenters. The molecule has 0 radical (unpaired) electrons. The number of rotatable bonds is 8. The van der Waals surface area contributed by atoms with E-state index in [0.717, 1.165) is 11.1 Å². The molecule has 0 atom stereocenters. The molecule has 2 aromatic carbocycles. The maximum Gasteiger partial charge on any atom is 0.180 e. The van der Waals surface area contributed by atoms with Crippen LogP contribution in [-0.2, 0) is 13.2 Å². The molecule has 130 valence electrons. The first kappa shape index (κ1) is 19.2. The second kappa shape index (κ2) is 9.35. The predicted molar refractivity (Wildman–Crippen MR) is 96.4 cm³/mol. The van der Waals surface area contributed by atoms with Gasteiger partial charge in [0.1, 0.15) is 13.2 Å². The molecule has 0 aliphatic heterocycles. The van der Waals surface area contributed by atoms with Gasteiger partial charge in [-0.3, -0.25) is 0 Å². The van der Waals surface area contributed by atoms with Crippen LogP contribution < -0.4 is 14.8 Å². The third-order valence-electron chi connectivity index (χ3n) is 3.39. The highest BCUT2D eigenvalue weighted by Crippen LogP contribution is 2.37. The minimum absolute atomic E-state index is 0.133. The number of nitrogens with two attached hydrogens (primary N) is 1. The second-order valence-electron chi connectivity index (χ2n) is 5.14. The van der Waals surface area contributed by atoms with Crippen molar-refractivity contribution in [3.63, 3.8) is 0 Å². The van der Waals surface area contributed by atoms with Crippen molar-refractivity contribution in [3.05, 3.63) is 56.5 Å². The summed E-state index contributed by atoms with van der Waals surface area (Å²) >= 11 is 18.4. The first-order chi connectivity index (χ1) is 11.5. The summed E-state index contributed by atoms with van der Waals surface area (Å²) < 4.78 is 11.2. The number of halogens is 3. The van der Waals surface area contributed by atoms with Crippen molar-refractivity contribution >= 4 is 34.8 Å². The number of hydrogen-bond acceptors (Lipinski definition) is 3. The van der Waals surface area contributed by atoms with E-state index < -0.39 is 0 Å². The zero-order valence-electron chi connectivity index (χ0n) is 13.2. The van der Waals surface area contributed by atoms with E-state index in [2.05, 4.69) is 0 Å². The van der Waals surface area contributed by atoms with Crippen LogP contribution in [0, 0.1) is 0 Å². The fourth-order valence-electron chi connectivity index (χ4n) is 2.18. The zero-order valence-corrected chi connectivity index (χ0v) is 15.5. The quantitative estimate of drug-likeness (QED) is 0.679. The first-order valence-corrected chi connectivity index (χ1v) is 8.54. The fourth-order valence-corrected chi connectivity index (χ4v) is 2.93. The third-order valence-corrected chi connectivity index (χ3v) is 4.26. The van der Waals surface area contributed by atoms with Crippen molar-refractivity contribution in [2.45, 2.75) is 13.2 Å². The molecule has 4 nitrogen and oxygen atoms in total. The molecule has 0 bridgehead atoms. The summed E-state index contributed by atoms with van der Waals surface area (Å²) in [4.78, 5) is 0. The van der Waals surface area contributed by atoms with E-state index in [0.29, 0.717) is 39.7 Å². The Kier molecular flexibility index (Phi) is 7.46. The second-order valence-corrected chi connectivity index (χ2v) is 6.39. The van der Waals surface area contributed by atoms with Crippen LogP contribution in [0.4, 0.5) is 0 Å². The van der Waals surface area contributed by atoms with Gasteiger partial charge in [-0.1, -0.05) is 40.9 Å². The number of ether oxygens (including phenoxy) is 2. The normalized spacial score (nSPS) is 10.7. The third kappa shape index (κ3) is 5.16. The Balaban J connectivity index is 2.14. The Labute approximate surface area is 156 Å². The van der Waals surface area contributed by atoms with Crippen molar-refractivity contribution < 1.29 is 19.9 Å². The average Bonchev–Trinajstić information content (AvgIpc) is 2.55.